The maximum atomic E-state index is 15.1. The van der Waals surface area contributed by atoms with E-state index < -0.39 is 59.1 Å². The van der Waals surface area contributed by atoms with Crippen molar-refractivity contribution < 1.29 is 54.9 Å². The molecule has 1 N–H and O–H groups in total. The van der Waals surface area contributed by atoms with Crippen molar-refractivity contribution in [2.45, 2.75) is 64.5 Å². The Labute approximate surface area is 271 Å². The molecule has 48 heavy (non-hydrogen) atoms. The molecule has 5 rings (SSSR count). The van der Waals surface area contributed by atoms with Crippen LogP contribution in [0.4, 0.5) is 35.5 Å². The van der Waals surface area contributed by atoms with Gasteiger partial charge < -0.3 is 14.6 Å². The van der Waals surface area contributed by atoms with Crippen LogP contribution in [0.2, 0.25) is 0 Å². The molecule has 0 spiro atoms. The molecule has 13 heteroatoms. The Morgan fingerprint density at radius 1 is 0.979 bits per heavy atom. The second kappa shape index (κ2) is 12.5. The van der Waals surface area contributed by atoms with Gasteiger partial charge in [0.05, 0.1) is 29.8 Å². The topological polar surface area (TPSA) is 76.1 Å². The van der Waals surface area contributed by atoms with E-state index in [0.29, 0.717) is 41.9 Å². The lowest BCUT2D eigenvalue weighted by Crippen LogP contribution is -2.35. The Hall–Kier alpha value is -4.55. The van der Waals surface area contributed by atoms with E-state index in [2.05, 4.69) is 0 Å². The van der Waals surface area contributed by atoms with Gasteiger partial charge in [-0.15, -0.1) is 0 Å². The first-order valence-electron chi connectivity index (χ1n) is 15.0. The Morgan fingerprint density at radius 3 is 2.19 bits per heavy atom. The molecule has 2 atom stereocenters. The van der Waals surface area contributed by atoms with E-state index in [1.165, 1.54) is 31.1 Å². The van der Waals surface area contributed by atoms with E-state index in [4.69, 9.17) is 9.47 Å². The van der Waals surface area contributed by atoms with Crippen molar-refractivity contribution in [2.24, 2.45) is 5.41 Å². The number of benzene rings is 3. The van der Waals surface area contributed by atoms with Crippen molar-refractivity contribution in [3.63, 3.8) is 0 Å². The minimum Gasteiger partial charge on any atom is -0.496 e. The number of hydrogen-bond donors (Lipinski definition) is 1. The van der Waals surface area contributed by atoms with Crippen molar-refractivity contribution >= 4 is 17.6 Å². The lowest BCUT2D eigenvalue weighted by molar-refractivity contribution is -0.143. The van der Waals surface area contributed by atoms with Gasteiger partial charge in [0, 0.05) is 17.7 Å². The fourth-order valence-corrected chi connectivity index (χ4v) is 6.39. The maximum absolute atomic E-state index is 15.1. The van der Waals surface area contributed by atoms with Gasteiger partial charge in [-0.2, -0.15) is 26.3 Å². The van der Waals surface area contributed by atoms with Crippen LogP contribution in [0.25, 0.3) is 16.7 Å². The summed E-state index contributed by atoms with van der Waals surface area (Å²) in [5.41, 5.74) is -1.12. The monoisotopic (exact) mass is 679 g/mol. The van der Waals surface area contributed by atoms with Crippen LogP contribution in [-0.4, -0.2) is 41.8 Å². The smallest absolute Gasteiger partial charge is 0.416 e. The molecule has 0 aromatic heterocycles. The predicted octanol–water partition coefficient (Wildman–Crippen LogP) is 9.78. The van der Waals surface area contributed by atoms with Gasteiger partial charge in [0.1, 0.15) is 17.7 Å². The number of carboxylic acids is 1. The Balaban J connectivity index is 1.55. The van der Waals surface area contributed by atoms with Crippen LogP contribution >= 0.6 is 0 Å². The summed E-state index contributed by atoms with van der Waals surface area (Å²) in [6, 6.07) is 8.79. The third-order valence-electron chi connectivity index (χ3n) is 8.91. The third kappa shape index (κ3) is 7.00. The second-order valence-electron chi connectivity index (χ2n) is 12.9. The number of cyclic esters (lactones) is 1. The van der Waals surface area contributed by atoms with E-state index in [-0.39, 0.29) is 29.2 Å². The zero-order valence-electron chi connectivity index (χ0n) is 26.4. The number of nitrogens with zero attached hydrogens (tertiary/aromatic N) is 1. The third-order valence-corrected chi connectivity index (χ3v) is 8.91. The molecule has 1 fully saturated rings. The molecule has 1 heterocycles. The number of alkyl halides is 6. The van der Waals surface area contributed by atoms with Crippen LogP contribution in [0.1, 0.15) is 78.7 Å². The average molecular weight is 680 g/mol. The number of ether oxygens (including phenoxy) is 2. The molecule has 0 radical (unpaired) electrons. The number of halogens is 7. The molecular formula is C35H32F7NO5. The van der Waals surface area contributed by atoms with Crippen LogP contribution in [0.3, 0.4) is 0 Å². The molecular weight excluding hydrogens is 647 g/mol. The molecule has 6 nitrogen and oxygen atoms in total. The van der Waals surface area contributed by atoms with Crippen molar-refractivity contribution in [1.82, 2.24) is 4.90 Å². The highest BCUT2D eigenvalue weighted by atomic mass is 19.4. The Kier molecular flexibility index (Phi) is 9.04. The van der Waals surface area contributed by atoms with Crippen molar-refractivity contribution in [2.75, 3.05) is 13.7 Å². The number of aromatic carboxylic acids is 1. The first kappa shape index (κ1) is 34.8. The zero-order chi connectivity index (χ0) is 35.3. The Bertz CT molecular complexity index is 1760. The molecule has 3 aromatic carbocycles. The van der Waals surface area contributed by atoms with Gasteiger partial charge in [0.25, 0.3) is 0 Å². The number of rotatable bonds is 7. The summed E-state index contributed by atoms with van der Waals surface area (Å²) in [5, 5.41) is 9.23. The van der Waals surface area contributed by atoms with E-state index in [1.807, 2.05) is 13.8 Å². The van der Waals surface area contributed by atoms with Gasteiger partial charge in [0.15, 0.2) is 0 Å². The lowest BCUT2D eigenvalue weighted by Gasteiger charge is -2.36. The second-order valence-corrected chi connectivity index (χ2v) is 12.9. The van der Waals surface area contributed by atoms with E-state index in [0.717, 1.165) is 23.6 Å². The summed E-state index contributed by atoms with van der Waals surface area (Å²) in [4.78, 5) is 25.8. The van der Waals surface area contributed by atoms with Crippen LogP contribution in [0, 0.1) is 11.2 Å². The summed E-state index contributed by atoms with van der Waals surface area (Å²) >= 11 is 0. The van der Waals surface area contributed by atoms with Gasteiger partial charge in [0.2, 0.25) is 0 Å². The molecule has 256 valence electrons. The van der Waals surface area contributed by atoms with E-state index in [1.54, 1.807) is 18.2 Å². The van der Waals surface area contributed by atoms with Crippen molar-refractivity contribution in [3.05, 3.63) is 93.8 Å². The lowest BCUT2D eigenvalue weighted by atomic mass is 9.72. The normalized spacial score (nSPS) is 19.8. The Morgan fingerprint density at radius 2 is 1.62 bits per heavy atom. The first-order chi connectivity index (χ1) is 22.3. The molecule has 1 amide bonds. The summed E-state index contributed by atoms with van der Waals surface area (Å²) < 4.78 is 108. The molecule has 1 saturated heterocycles. The molecule has 1 aliphatic carbocycles. The number of methoxy groups -OCH3 is 1. The van der Waals surface area contributed by atoms with E-state index in [9.17, 15) is 41.0 Å². The van der Waals surface area contributed by atoms with Crippen molar-refractivity contribution in [1.29, 1.82) is 0 Å². The van der Waals surface area contributed by atoms with Gasteiger partial charge in [-0.25, -0.2) is 14.0 Å². The van der Waals surface area contributed by atoms with Crippen molar-refractivity contribution in [3.8, 4) is 16.9 Å². The molecule has 3 aromatic rings. The SMILES string of the molecule is COc1ccc(-c2ccc(C(=O)O)cc2F)cc1C1=C(CN2C(=O)O[C@H](c3cc(C(F)(F)F)cc(C(F)(F)F)c3)[C@@H]2C)CC(C)(C)CC1. The van der Waals surface area contributed by atoms with E-state index >= 15 is 4.39 Å². The maximum Gasteiger partial charge on any atom is 0.416 e. The summed E-state index contributed by atoms with van der Waals surface area (Å²) in [6.07, 6.45) is -10.7. The minimum atomic E-state index is -5.07. The summed E-state index contributed by atoms with van der Waals surface area (Å²) in [5.74, 6) is -1.57. The highest BCUT2D eigenvalue weighted by Gasteiger charge is 2.44. The number of amides is 1. The molecule has 0 saturated carbocycles. The summed E-state index contributed by atoms with van der Waals surface area (Å²) in [6.45, 7) is 5.54. The van der Waals surface area contributed by atoms with Crippen LogP contribution in [0.15, 0.2) is 60.2 Å². The van der Waals surface area contributed by atoms with Crippen LogP contribution in [-0.2, 0) is 17.1 Å². The average Bonchev–Trinajstić information content (AvgIpc) is 3.27. The number of carbonyl (C=O) groups is 2. The number of carboxylic acid groups (broad SMARTS) is 1. The standard InChI is InChI=1S/C35H32F7NO5/c1-18-30(21-11-23(34(37,38)39)15-24(12-21)35(40,41)42)48-32(46)43(18)17-22-16-33(2,3)10-9-25(22)27-13-19(6-8-29(27)47-4)26-7-5-20(31(44)45)14-28(26)36/h5-8,11-15,18,30H,9-10,16-17H2,1-4H3,(H,44,45)/t18-,30-/m0/s1. The molecule has 0 bridgehead atoms. The fraction of sp³-hybridized carbons (Fsp3) is 0.371. The van der Waals surface area contributed by atoms with Gasteiger partial charge in [-0.3, -0.25) is 4.90 Å². The van der Waals surface area contributed by atoms with Gasteiger partial charge >= 0.3 is 24.4 Å². The summed E-state index contributed by atoms with van der Waals surface area (Å²) in [7, 11) is 1.46. The predicted molar refractivity (Wildman–Crippen MR) is 162 cm³/mol. The van der Waals surface area contributed by atoms with Crippen LogP contribution in [0.5, 0.6) is 5.75 Å². The number of allylic oxidation sites excluding steroid dienone is 1. The fourth-order valence-electron chi connectivity index (χ4n) is 6.39. The molecule has 1 aliphatic heterocycles. The highest BCUT2D eigenvalue weighted by Crippen LogP contribution is 2.47. The molecule has 2 aliphatic rings. The zero-order valence-corrected chi connectivity index (χ0v) is 26.4. The van der Waals surface area contributed by atoms with Crippen LogP contribution < -0.4 is 4.74 Å². The number of hydrogen-bond acceptors (Lipinski definition) is 4. The minimum absolute atomic E-state index is 0.0256. The van der Waals surface area contributed by atoms with Gasteiger partial charge in [-0.1, -0.05) is 26.0 Å². The largest absolute Gasteiger partial charge is 0.496 e. The first-order valence-corrected chi connectivity index (χ1v) is 15.0. The molecule has 0 unspecified atom stereocenters. The van der Waals surface area contributed by atoms with Gasteiger partial charge in [-0.05, 0) is 96.3 Å². The quantitative estimate of drug-likeness (QED) is 0.252. The highest BCUT2D eigenvalue weighted by molar-refractivity contribution is 5.88. The number of carbonyl (C=O) groups excluding carboxylic acids is 1.